The molecule has 0 aromatic carbocycles. The predicted octanol–water partition coefficient (Wildman–Crippen LogP) is 3.12. The maximum Gasteiger partial charge on any atom is 0.263 e. The first-order chi connectivity index (χ1) is 12.9. The zero-order valence-electron chi connectivity index (χ0n) is 16.3. The standard InChI is InChI=1S/C19H27N3O3S2/c1-11(2)9-22-18(24)16-12(3)13(4)27-17(16)21-19(22)26-10-15(23)20-8-14-6-5-7-25-14/h11,14H,5-10H2,1-4H3,(H,20,23)/t14-/m0/s1. The number of rotatable bonds is 7. The van der Waals surface area contributed by atoms with E-state index in [1.807, 2.05) is 13.8 Å². The molecule has 3 heterocycles. The molecule has 0 spiro atoms. The van der Waals surface area contributed by atoms with Gasteiger partial charge >= 0.3 is 0 Å². The molecule has 1 aliphatic heterocycles. The summed E-state index contributed by atoms with van der Waals surface area (Å²) in [5, 5.41) is 4.26. The third-order valence-electron chi connectivity index (χ3n) is 4.68. The Balaban J connectivity index is 1.77. The molecule has 27 heavy (non-hydrogen) atoms. The Morgan fingerprint density at radius 3 is 2.89 bits per heavy atom. The van der Waals surface area contributed by atoms with E-state index in [9.17, 15) is 9.59 Å². The zero-order chi connectivity index (χ0) is 19.6. The highest BCUT2D eigenvalue weighted by Gasteiger charge is 2.19. The number of ether oxygens (including phenoxy) is 1. The predicted molar refractivity (Wildman–Crippen MR) is 111 cm³/mol. The highest BCUT2D eigenvalue weighted by atomic mass is 32.2. The maximum absolute atomic E-state index is 13.1. The van der Waals surface area contributed by atoms with Crippen LogP contribution in [0.4, 0.5) is 0 Å². The number of nitrogens with one attached hydrogen (secondary N) is 1. The molecule has 0 bridgehead atoms. The average Bonchev–Trinajstić information content (AvgIpc) is 3.22. The fraction of sp³-hybridized carbons (Fsp3) is 0.632. The highest BCUT2D eigenvalue weighted by molar-refractivity contribution is 7.99. The van der Waals surface area contributed by atoms with Crippen LogP contribution in [0.5, 0.6) is 0 Å². The van der Waals surface area contributed by atoms with Crippen LogP contribution < -0.4 is 10.9 Å². The second kappa shape index (κ2) is 8.75. The van der Waals surface area contributed by atoms with E-state index in [4.69, 9.17) is 9.72 Å². The lowest BCUT2D eigenvalue weighted by Gasteiger charge is -2.14. The molecule has 6 nitrogen and oxygen atoms in total. The molecule has 2 aromatic rings. The van der Waals surface area contributed by atoms with E-state index in [0.717, 1.165) is 34.7 Å². The molecule has 1 fully saturated rings. The van der Waals surface area contributed by atoms with Crippen molar-refractivity contribution < 1.29 is 9.53 Å². The summed E-state index contributed by atoms with van der Waals surface area (Å²) < 4.78 is 7.25. The fourth-order valence-electron chi connectivity index (χ4n) is 3.16. The molecule has 1 N–H and O–H groups in total. The normalized spacial score (nSPS) is 17.1. The lowest BCUT2D eigenvalue weighted by Crippen LogP contribution is -2.33. The Morgan fingerprint density at radius 1 is 1.44 bits per heavy atom. The van der Waals surface area contributed by atoms with Crippen molar-refractivity contribution in [3.05, 3.63) is 20.8 Å². The maximum atomic E-state index is 13.1. The van der Waals surface area contributed by atoms with Crippen LogP contribution in [0.15, 0.2) is 9.95 Å². The first-order valence-corrected chi connectivity index (χ1v) is 11.2. The molecular weight excluding hydrogens is 382 g/mol. The lowest BCUT2D eigenvalue weighted by atomic mass is 10.2. The summed E-state index contributed by atoms with van der Waals surface area (Å²) in [5.74, 6) is 0.501. The summed E-state index contributed by atoms with van der Waals surface area (Å²) in [7, 11) is 0. The van der Waals surface area contributed by atoms with E-state index in [0.29, 0.717) is 29.6 Å². The van der Waals surface area contributed by atoms with Gasteiger partial charge in [0, 0.05) is 24.6 Å². The molecular formula is C19H27N3O3S2. The van der Waals surface area contributed by atoms with Gasteiger partial charge in [-0.3, -0.25) is 14.2 Å². The number of hydrogen-bond donors (Lipinski definition) is 1. The smallest absolute Gasteiger partial charge is 0.263 e. The summed E-state index contributed by atoms with van der Waals surface area (Å²) in [6.45, 7) is 10.1. The zero-order valence-corrected chi connectivity index (χ0v) is 18.0. The van der Waals surface area contributed by atoms with Gasteiger partial charge in [0.25, 0.3) is 5.56 Å². The van der Waals surface area contributed by atoms with Crippen molar-refractivity contribution >= 4 is 39.2 Å². The second-order valence-electron chi connectivity index (χ2n) is 7.40. The molecule has 0 saturated carbocycles. The van der Waals surface area contributed by atoms with Crippen molar-refractivity contribution in [2.45, 2.75) is 58.3 Å². The molecule has 3 rings (SSSR count). The minimum atomic E-state index is -0.0560. The van der Waals surface area contributed by atoms with Gasteiger partial charge < -0.3 is 10.1 Å². The number of hydrogen-bond acceptors (Lipinski definition) is 6. The van der Waals surface area contributed by atoms with E-state index in [-0.39, 0.29) is 23.3 Å². The number of nitrogens with zero attached hydrogens (tertiary/aromatic N) is 2. The fourth-order valence-corrected chi connectivity index (χ4v) is 5.07. The highest BCUT2D eigenvalue weighted by Crippen LogP contribution is 2.28. The summed E-state index contributed by atoms with van der Waals surface area (Å²) >= 11 is 2.87. The summed E-state index contributed by atoms with van der Waals surface area (Å²) in [5.41, 5.74) is 1.01. The van der Waals surface area contributed by atoms with Gasteiger partial charge in [0.05, 0.1) is 17.2 Å². The molecule has 1 aliphatic rings. The van der Waals surface area contributed by atoms with Gasteiger partial charge in [0.2, 0.25) is 5.91 Å². The summed E-state index contributed by atoms with van der Waals surface area (Å²) in [6, 6.07) is 0. The minimum Gasteiger partial charge on any atom is -0.376 e. The molecule has 0 radical (unpaired) electrons. The van der Waals surface area contributed by atoms with Crippen LogP contribution >= 0.6 is 23.1 Å². The first kappa shape index (κ1) is 20.4. The van der Waals surface area contributed by atoms with Crippen molar-refractivity contribution in [2.75, 3.05) is 18.9 Å². The van der Waals surface area contributed by atoms with Gasteiger partial charge in [0.1, 0.15) is 4.83 Å². The summed E-state index contributed by atoms with van der Waals surface area (Å²) in [6.07, 6.45) is 2.18. The third kappa shape index (κ3) is 4.73. The van der Waals surface area contributed by atoms with E-state index in [1.165, 1.54) is 11.8 Å². The number of carbonyl (C=O) groups is 1. The molecule has 1 saturated heterocycles. The van der Waals surface area contributed by atoms with Gasteiger partial charge in [-0.1, -0.05) is 25.6 Å². The Bertz CT molecular complexity index is 882. The Labute approximate surface area is 167 Å². The van der Waals surface area contributed by atoms with Crippen LogP contribution in [0.25, 0.3) is 10.2 Å². The molecule has 148 valence electrons. The monoisotopic (exact) mass is 409 g/mol. The van der Waals surface area contributed by atoms with Gasteiger partial charge in [-0.2, -0.15) is 0 Å². The van der Waals surface area contributed by atoms with Crippen molar-refractivity contribution in [3.63, 3.8) is 0 Å². The van der Waals surface area contributed by atoms with Crippen molar-refractivity contribution in [2.24, 2.45) is 5.92 Å². The Kier molecular flexibility index (Phi) is 6.60. The van der Waals surface area contributed by atoms with E-state index in [2.05, 4.69) is 19.2 Å². The van der Waals surface area contributed by atoms with Crippen LogP contribution in [0.2, 0.25) is 0 Å². The number of thiophene rings is 1. The second-order valence-corrected chi connectivity index (χ2v) is 9.54. The molecule has 1 amide bonds. The topological polar surface area (TPSA) is 73.2 Å². The molecule has 0 aliphatic carbocycles. The molecule has 0 unspecified atom stereocenters. The number of aromatic nitrogens is 2. The van der Waals surface area contributed by atoms with E-state index in [1.54, 1.807) is 15.9 Å². The molecule has 1 atom stereocenters. The van der Waals surface area contributed by atoms with Crippen molar-refractivity contribution in [3.8, 4) is 0 Å². The third-order valence-corrected chi connectivity index (χ3v) is 6.76. The lowest BCUT2D eigenvalue weighted by molar-refractivity contribution is -0.119. The molecule has 8 heteroatoms. The van der Waals surface area contributed by atoms with Gasteiger partial charge in [-0.05, 0) is 38.2 Å². The van der Waals surface area contributed by atoms with Gasteiger partial charge in [0.15, 0.2) is 5.16 Å². The van der Waals surface area contributed by atoms with Crippen LogP contribution in [-0.4, -0.2) is 40.5 Å². The SMILES string of the molecule is Cc1sc2nc(SCC(=O)NC[C@@H]3CCCO3)n(CC(C)C)c(=O)c2c1C. The number of carbonyl (C=O) groups excluding carboxylic acids is 1. The quantitative estimate of drug-likeness (QED) is 0.562. The molecule has 2 aromatic heterocycles. The first-order valence-electron chi connectivity index (χ1n) is 9.38. The van der Waals surface area contributed by atoms with E-state index < -0.39 is 0 Å². The summed E-state index contributed by atoms with van der Waals surface area (Å²) in [4.78, 5) is 31.9. The minimum absolute atomic E-state index is 0.00202. The number of fused-ring (bicyclic) bond motifs is 1. The largest absolute Gasteiger partial charge is 0.376 e. The number of aryl methyl sites for hydroxylation is 2. The van der Waals surface area contributed by atoms with Gasteiger partial charge in [-0.15, -0.1) is 11.3 Å². The Hall–Kier alpha value is -1.38. The van der Waals surface area contributed by atoms with Crippen molar-refractivity contribution in [1.82, 2.24) is 14.9 Å². The number of thioether (sulfide) groups is 1. The van der Waals surface area contributed by atoms with E-state index >= 15 is 0 Å². The van der Waals surface area contributed by atoms with Crippen LogP contribution in [0.3, 0.4) is 0 Å². The van der Waals surface area contributed by atoms with Crippen LogP contribution in [0.1, 0.15) is 37.1 Å². The van der Waals surface area contributed by atoms with Crippen LogP contribution in [0, 0.1) is 19.8 Å². The average molecular weight is 410 g/mol. The number of amides is 1. The van der Waals surface area contributed by atoms with Crippen molar-refractivity contribution in [1.29, 1.82) is 0 Å². The van der Waals surface area contributed by atoms with Gasteiger partial charge in [-0.25, -0.2) is 4.98 Å². The Morgan fingerprint density at radius 2 is 2.22 bits per heavy atom. The van der Waals surface area contributed by atoms with Crippen LogP contribution in [-0.2, 0) is 16.1 Å².